The molecule has 5 rings (SSSR count). The van der Waals surface area contributed by atoms with Crippen molar-refractivity contribution in [1.29, 1.82) is 0 Å². The summed E-state index contributed by atoms with van der Waals surface area (Å²) in [6.07, 6.45) is 17.0. The van der Waals surface area contributed by atoms with Gasteiger partial charge in [0.15, 0.2) is 0 Å². The van der Waals surface area contributed by atoms with Gasteiger partial charge in [0.2, 0.25) is 0 Å². The minimum Gasteiger partial charge on any atom is -0.497 e. The van der Waals surface area contributed by atoms with E-state index < -0.39 is 0 Å². The van der Waals surface area contributed by atoms with Crippen molar-refractivity contribution in [3.8, 4) is 5.75 Å². The van der Waals surface area contributed by atoms with Crippen molar-refractivity contribution in [3.63, 3.8) is 0 Å². The molecule has 2 atom stereocenters. The predicted octanol–water partition coefficient (Wildman–Crippen LogP) is 4.81. The minimum atomic E-state index is 0.00505. The molecule has 2 heterocycles. The number of allylic oxidation sites excluding steroid dienone is 4. The molecule has 160 valence electrons. The van der Waals surface area contributed by atoms with Crippen LogP contribution in [0.25, 0.3) is 11.0 Å². The second-order valence-corrected chi connectivity index (χ2v) is 9.15. The van der Waals surface area contributed by atoms with Crippen LogP contribution in [0.15, 0.2) is 46.8 Å². The largest absolute Gasteiger partial charge is 0.497 e. The standard InChI is InChI=1S/C25H33N3O2/c1-30-22-10-11-23-24(17-22)28(25(29)26-23)20-12-14-27(15-13-20)21-9-5-8-19(16-21)18-6-3-2-4-7-18/h3,6-7,10-11,17,19-21H,2,4-5,8-9,12-16H2,1H3,(H,26,29). The zero-order valence-corrected chi connectivity index (χ0v) is 18.0. The maximum atomic E-state index is 12.7. The molecular formula is C25H33N3O2. The van der Waals surface area contributed by atoms with Crippen LogP contribution in [0.3, 0.4) is 0 Å². The molecule has 2 unspecified atom stereocenters. The number of fused-ring (bicyclic) bond motifs is 1. The molecule has 2 aromatic rings. The minimum absolute atomic E-state index is 0.00505. The summed E-state index contributed by atoms with van der Waals surface area (Å²) in [6.45, 7) is 2.17. The molecule has 0 radical (unpaired) electrons. The van der Waals surface area contributed by atoms with E-state index in [1.54, 1.807) is 12.7 Å². The van der Waals surface area contributed by atoms with Crippen molar-refractivity contribution < 1.29 is 4.74 Å². The topological polar surface area (TPSA) is 50.3 Å². The Hall–Kier alpha value is -2.27. The third kappa shape index (κ3) is 3.76. The molecule has 30 heavy (non-hydrogen) atoms. The lowest BCUT2D eigenvalue weighted by atomic mass is 9.78. The number of piperidine rings is 1. The maximum absolute atomic E-state index is 12.7. The van der Waals surface area contributed by atoms with Crippen molar-refractivity contribution in [2.75, 3.05) is 20.2 Å². The normalized spacial score (nSPS) is 26.1. The van der Waals surface area contributed by atoms with E-state index in [4.69, 9.17) is 4.74 Å². The molecule has 0 spiro atoms. The van der Waals surface area contributed by atoms with Crippen molar-refractivity contribution in [2.24, 2.45) is 5.92 Å². The van der Waals surface area contributed by atoms with E-state index in [0.717, 1.165) is 48.6 Å². The lowest BCUT2D eigenvalue weighted by Crippen LogP contribution is -2.45. The number of hydrogen-bond donors (Lipinski definition) is 1. The summed E-state index contributed by atoms with van der Waals surface area (Å²) in [7, 11) is 1.67. The summed E-state index contributed by atoms with van der Waals surface area (Å²) in [5.41, 5.74) is 3.45. The Kier molecular flexibility index (Phi) is 5.55. The van der Waals surface area contributed by atoms with Gasteiger partial charge < -0.3 is 14.6 Å². The van der Waals surface area contributed by atoms with E-state index in [-0.39, 0.29) is 11.7 Å². The molecule has 1 saturated heterocycles. The fourth-order valence-corrected chi connectivity index (χ4v) is 5.83. The van der Waals surface area contributed by atoms with Crippen LogP contribution >= 0.6 is 0 Å². The first kappa shape index (κ1) is 19.7. The number of benzene rings is 1. The molecule has 5 nitrogen and oxygen atoms in total. The molecule has 0 amide bonds. The summed E-state index contributed by atoms with van der Waals surface area (Å²) in [4.78, 5) is 18.4. The highest BCUT2D eigenvalue weighted by Crippen LogP contribution is 2.36. The molecule has 1 N–H and O–H groups in total. The van der Waals surface area contributed by atoms with Gasteiger partial charge in [0, 0.05) is 31.2 Å². The molecule has 1 aromatic carbocycles. The van der Waals surface area contributed by atoms with Gasteiger partial charge in [0.25, 0.3) is 0 Å². The highest BCUT2D eigenvalue weighted by molar-refractivity contribution is 5.77. The number of aromatic nitrogens is 2. The molecule has 2 aliphatic carbocycles. The molecule has 0 bridgehead atoms. The number of nitrogens with zero attached hydrogens (tertiary/aromatic N) is 2. The molecule has 1 aromatic heterocycles. The Morgan fingerprint density at radius 2 is 1.93 bits per heavy atom. The first-order valence-corrected chi connectivity index (χ1v) is 11.6. The maximum Gasteiger partial charge on any atom is 0.326 e. The summed E-state index contributed by atoms with van der Waals surface area (Å²) in [5.74, 6) is 1.54. The lowest BCUT2D eigenvalue weighted by Gasteiger charge is -2.42. The number of aromatic amines is 1. The number of H-pyrrole nitrogens is 1. The number of ether oxygens (including phenoxy) is 1. The van der Waals surface area contributed by atoms with Gasteiger partial charge in [-0.1, -0.05) is 24.6 Å². The molecular weight excluding hydrogens is 374 g/mol. The second-order valence-electron chi connectivity index (χ2n) is 9.15. The summed E-state index contributed by atoms with van der Waals surface area (Å²) < 4.78 is 7.35. The predicted molar refractivity (Wildman–Crippen MR) is 121 cm³/mol. The van der Waals surface area contributed by atoms with Crippen LogP contribution in [0.2, 0.25) is 0 Å². The van der Waals surface area contributed by atoms with Crippen LogP contribution < -0.4 is 10.4 Å². The number of likely N-dealkylation sites (tertiary alicyclic amines) is 1. The first-order chi connectivity index (χ1) is 14.7. The van der Waals surface area contributed by atoms with Crippen LogP contribution in [0.5, 0.6) is 5.75 Å². The Balaban J connectivity index is 1.27. The number of nitrogens with one attached hydrogen (secondary N) is 1. The quantitative estimate of drug-likeness (QED) is 0.791. The van der Waals surface area contributed by atoms with E-state index in [2.05, 4.69) is 28.1 Å². The Morgan fingerprint density at radius 3 is 2.70 bits per heavy atom. The number of methoxy groups -OCH3 is 1. The van der Waals surface area contributed by atoms with E-state index >= 15 is 0 Å². The van der Waals surface area contributed by atoms with Gasteiger partial charge in [0.05, 0.1) is 18.1 Å². The van der Waals surface area contributed by atoms with E-state index in [1.807, 2.05) is 22.8 Å². The summed E-state index contributed by atoms with van der Waals surface area (Å²) in [5, 5.41) is 0. The van der Waals surface area contributed by atoms with Gasteiger partial charge in [-0.3, -0.25) is 4.57 Å². The van der Waals surface area contributed by atoms with Gasteiger partial charge in [-0.25, -0.2) is 4.79 Å². The molecule has 1 saturated carbocycles. The number of imidazole rings is 1. The summed E-state index contributed by atoms with van der Waals surface area (Å²) >= 11 is 0. The van der Waals surface area contributed by atoms with E-state index in [9.17, 15) is 4.79 Å². The summed E-state index contributed by atoms with van der Waals surface area (Å²) in [6, 6.07) is 6.79. The molecule has 2 fully saturated rings. The van der Waals surface area contributed by atoms with Crippen LogP contribution in [-0.4, -0.2) is 40.7 Å². The van der Waals surface area contributed by atoms with Crippen molar-refractivity contribution in [1.82, 2.24) is 14.5 Å². The Morgan fingerprint density at radius 1 is 1.07 bits per heavy atom. The molecule has 3 aliphatic rings. The van der Waals surface area contributed by atoms with Gasteiger partial charge in [0.1, 0.15) is 5.75 Å². The van der Waals surface area contributed by atoms with Crippen molar-refractivity contribution in [2.45, 2.75) is 63.5 Å². The highest BCUT2D eigenvalue weighted by Gasteiger charge is 2.32. The highest BCUT2D eigenvalue weighted by atomic mass is 16.5. The lowest BCUT2D eigenvalue weighted by molar-refractivity contribution is 0.0977. The fourth-order valence-electron chi connectivity index (χ4n) is 5.83. The van der Waals surface area contributed by atoms with Gasteiger partial charge in [-0.05, 0) is 68.6 Å². The zero-order valence-electron chi connectivity index (χ0n) is 18.0. The SMILES string of the molecule is COc1ccc2[nH]c(=O)n(C3CCN(C4CCCC(C5=CCCC=C5)C4)CC3)c2c1. The Labute approximate surface area is 178 Å². The van der Waals surface area contributed by atoms with Crippen molar-refractivity contribution in [3.05, 3.63) is 52.5 Å². The van der Waals surface area contributed by atoms with Gasteiger partial charge in [-0.15, -0.1) is 0 Å². The van der Waals surface area contributed by atoms with Crippen LogP contribution in [-0.2, 0) is 0 Å². The fraction of sp³-hybridized carbons (Fsp3) is 0.560. The second kappa shape index (κ2) is 8.46. The monoisotopic (exact) mass is 407 g/mol. The number of hydrogen-bond acceptors (Lipinski definition) is 3. The Bertz CT molecular complexity index is 1010. The van der Waals surface area contributed by atoms with Crippen LogP contribution in [0.1, 0.15) is 57.4 Å². The zero-order chi connectivity index (χ0) is 20.5. The average molecular weight is 408 g/mol. The average Bonchev–Trinajstić information content (AvgIpc) is 3.14. The molecule has 5 heteroatoms. The number of rotatable bonds is 4. The van der Waals surface area contributed by atoms with Crippen LogP contribution in [0, 0.1) is 5.92 Å². The smallest absolute Gasteiger partial charge is 0.326 e. The first-order valence-electron chi connectivity index (χ1n) is 11.6. The van der Waals surface area contributed by atoms with Gasteiger partial charge >= 0.3 is 5.69 Å². The van der Waals surface area contributed by atoms with Crippen molar-refractivity contribution >= 4 is 11.0 Å². The van der Waals surface area contributed by atoms with Crippen LogP contribution in [0.4, 0.5) is 0 Å². The molecule has 1 aliphatic heterocycles. The van der Waals surface area contributed by atoms with Gasteiger partial charge in [-0.2, -0.15) is 0 Å². The van der Waals surface area contributed by atoms with E-state index in [0.29, 0.717) is 6.04 Å². The third-order valence-electron chi connectivity index (χ3n) is 7.45. The van der Waals surface area contributed by atoms with E-state index in [1.165, 1.54) is 38.5 Å². The third-order valence-corrected chi connectivity index (χ3v) is 7.45.